The molecule has 0 aliphatic heterocycles. The van der Waals surface area contributed by atoms with Crippen molar-refractivity contribution in [1.82, 2.24) is 4.90 Å². The smallest absolute Gasteiger partial charge is 0.341 e. The summed E-state index contributed by atoms with van der Waals surface area (Å²) in [6, 6.07) is 1.63. The van der Waals surface area contributed by atoms with E-state index in [4.69, 9.17) is 4.42 Å². The Bertz CT molecular complexity index is 450. The van der Waals surface area contributed by atoms with Crippen LogP contribution in [-0.4, -0.2) is 30.9 Å². The molecule has 19 heavy (non-hydrogen) atoms. The van der Waals surface area contributed by atoms with Gasteiger partial charge in [0.1, 0.15) is 17.1 Å². The Labute approximate surface area is 113 Å². The maximum absolute atomic E-state index is 11.8. The average molecular weight is 267 g/mol. The minimum atomic E-state index is -0.424. The van der Waals surface area contributed by atoms with Crippen LogP contribution < -0.4 is 0 Å². The maximum Gasteiger partial charge on any atom is 0.341 e. The fourth-order valence-electron chi connectivity index (χ4n) is 1.78. The zero-order valence-corrected chi connectivity index (χ0v) is 12.0. The van der Waals surface area contributed by atoms with Gasteiger partial charge in [-0.2, -0.15) is 0 Å². The van der Waals surface area contributed by atoms with Crippen molar-refractivity contribution in [2.24, 2.45) is 0 Å². The van der Waals surface area contributed by atoms with Gasteiger partial charge >= 0.3 is 5.97 Å². The van der Waals surface area contributed by atoms with Gasteiger partial charge in [0, 0.05) is 13.5 Å². The number of hydrogen-bond acceptors (Lipinski definition) is 4. The largest absolute Gasteiger partial charge is 0.465 e. The van der Waals surface area contributed by atoms with E-state index >= 15 is 0 Å². The number of methoxy groups -OCH3 is 1. The van der Waals surface area contributed by atoms with Gasteiger partial charge in [-0.25, -0.2) is 4.79 Å². The first-order valence-electron chi connectivity index (χ1n) is 6.41. The first-order chi connectivity index (χ1) is 8.99. The van der Waals surface area contributed by atoms with Gasteiger partial charge in [-0.3, -0.25) is 4.79 Å². The van der Waals surface area contributed by atoms with Gasteiger partial charge < -0.3 is 14.1 Å². The number of furan rings is 1. The summed E-state index contributed by atoms with van der Waals surface area (Å²) < 4.78 is 10.1. The number of hydrogen-bond donors (Lipinski definition) is 0. The van der Waals surface area contributed by atoms with Crippen LogP contribution >= 0.6 is 0 Å². The lowest BCUT2D eigenvalue weighted by Gasteiger charge is -2.15. The second kappa shape index (κ2) is 6.97. The summed E-state index contributed by atoms with van der Waals surface area (Å²) in [5.74, 6) is 0.754. The van der Waals surface area contributed by atoms with Crippen molar-refractivity contribution in [3.05, 3.63) is 23.2 Å². The molecule has 5 nitrogen and oxygen atoms in total. The SMILES string of the molecule is CCCCC(=O)N(C)Cc1cc(C(=O)OC)c(C)o1. The van der Waals surface area contributed by atoms with Crippen molar-refractivity contribution in [1.29, 1.82) is 0 Å². The minimum absolute atomic E-state index is 0.0792. The van der Waals surface area contributed by atoms with Crippen molar-refractivity contribution in [2.75, 3.05) is 14.2 Å². The Hall–Kier alpha value is -1.78. The summed E-state index contributed by atoms with van der Waals surface area (Å²) in [6.07, 6.45) is 2.41. The Balaban J connectivity index is 2.67. The zero-order chi connectivity index (χ0) is 14.4. The summed E-state index contributed by atoms with van der Waals surface area (Å²) in [6.45, 7) is 4.11. The summed E-state index contributed by atoms with van der Waals surface area (Å²) >= 11 is 0. The van der Waals surface area contributed by atoms with Crippen molar-refractivity contribution < 1.29 is 18.7 Å². The van der Waals surface area contributed by atoms with Gasteiger partial charge in [-0.15, -0.1) is 0 Å². The number of rotatable bonds is 6. The van der Waals surface area contributed by atoms with Crippen LogP contribution in [-0.2, 0) is 16.1 Å². The third-order valence-electron chi connectivity index (χ3n) is 2.94. The lowest BCUT2D eigenvalue weighted by atomic mass is 10.2. The fourth-order valence-corrected chi connectivity index (χ4v) is 1.78. The molecule has 106 valence electrons. The molecule has 5 heteroatoms. The van der Waals surface area contributed by atoms with Crippen molar-refractivity contribution in [3.8, 4) is 0 Å². The van der Waals surface area contributed by atoms with E-state index in [0.29, 0.717) is 30.0 Å². The highest BCUT2D eigenvalue weighted by Crippen LogP contribution is 2.17. The van der Waals surface area contributed by atoms with Gasteiger partial charge in [0.25, 0.3) is 0 Å². The Kier molecular flexibility index (Phi) is 5.60. The van der Waals surface area contributed by atoms with Crippen LogP contribution in [0.5, 0.6) is 0 Å². The van der Waals surface area contributed by atoms with Crippen molar-refractivity contribution >= 4 is 11.9 Å². The van der Waals surface area contributed by atoms with Crippen LogP contribution in [0.4, 0.5) is 0 Å². The first-order valence-corrected chi connectivity index (χ1v) is 6.41. The lowest BCUT2D eigenvalue weighted by Crippen LogP contribution is -2.25. The minimum Gasteiger partial charge on any atom is -0.465 e. The highest BCUT2D eigenvalue weighted by atomic mass is 16.5. The number of esters is 1. The lowest BCUT2D eigenvalue weighted by molar-refractivity contribution is -0.130. The first kappa shape index (κ1) is 15.3. The quantitative estimate of drug-likeness (QED) is 0.743. The van der Waals surface area contributed by atoms with Crippen molar-refractivity contribution in [3.63, 3.8) is 0 Å². The molecule has 0 aromatic carbocycles. The highest BCUT2D eigenvalue weighted by molar-refractivity contribution is 5.90. The number of ether oxygens (including phenoxy) is 1. The Morgan fingerprint density at radius 3 is 2.68 bits per heavy atom. The second-order valence-corrected chi connectivity index (χ2v) is 4.53. The molecule has 0 saturated carbocycles. The van der Waals surface area contributed by atoms with E-state index in [9.17, 15) is 9.59 Å². The molecule has 0 atom stereocenters. The predicted octanol–water partition coefficient (Wildman–Crippen LogP) is 2.52. The van der Waals surface area contributed by atoms with Crippen LogP contribution in [0, 0.1) is 6.92 Å². The monoisotopic (exact) mass is 267 g/mol. The molecule has 1 amide bonds. The molecule has 1 rings (SSSR count). The van der Waals surface area contributed by atoms with E-state index in [0.717, 1.165) is 12.8 Å². The molecule has 0 saturated heterocycles. The summed E-state index contributed by atoms with van der Waals surface area (Å²) in [7, 11) is 3.06. The third kappa shape index (κ3) is 4.12. The summed E-state index contributed by atoms with van der Waals surface area (Å²) in [5.41, 5.74) is 0.409. The molecule has 0 bridgehead atoms. The van der Waals surface area contributed by atoms with E-state index in [2.05, 4.69) is 4.74 Å². The molecule has 0 N–H and O–H groups in total. The molecular weight excluding hydrogens is 246 g/mol. The van der Waals surface area contributed by atoms with Crippen LogP contribution in [0.3, 0.4) is 0 Å². The standard InChI is InChI=1S/C14H21NO4/c1-5-6-7-13(16)15(3)9-11-8-12(10(2)19-11)14(17)18-4/h8H,5-7,9H2,1-4H3. The second-order valence-electron chi connectivity index (χ2n) is 4.53. The van der Waals surface area contributed by atoms with Crippen LogP contribution in [0.1, 0.15) is 48.1 Å². The molecule has 0 unspecified atom stereocenters. The number of aryl methyl sites for hydroxylation is 1. The van der Waals surface area contributed by atoms with Gasteiger partial charge in [0.05, 0.1) is 13.7 Å². The molecular formula is C14H21NO4. The van der Waals surface area contributed by atoms with E-state index in [1.165, 1.54) is 7.11 Å². The molecule has 1 aromatic heterocycles. The summed E-state index contributed by atoms with van der Waals surface area (Å²) in [5, 5.41) is 0. The normalized spacial score (nSPS) is 10.3. The molecule has 0 aliphatic carbocycles. The highest BCUT2D eigenvalue weighted by Gasteiger charge is 2.17. The van der Waals surface area contributed by atoms with Crippen LogP contribution in [0.15, 0.2) is 10.5 Å². The average Bonchev–Trinajstić information content (AvgIpc) is 2.75. The molecule has 0 spiro atoms. The third-order valence-corrected chi connectivity index (χ3v) is 2.94. The van der Waals surface area contributed by atoms with E-state index < -0.39 is 5.97 Å². The number of nitrogens with zero attached hydrogens (tertiary/aromatic N) is 1. The zero-order valence-electron chi connectivity index (χ0n) is 12.0. The predicted molar refractivity (Wildman–Crippen MR) is 70.8 cm³/mol. The molecule has 0 fully saturated rings. The van der Waals surface area contributed by atoms with Gasteiger partial charge in [0.15, 0.2) is 0 Å². The van der Waals surface area contributed by atoms with E-state index in [1.54, 1.807) is 24.9 Å². The van der Waals surface area contributed by atoms with Gasteiger partial charge in [-0.1, -0.05) is 13.3 Å². The Morgan fingerprint density at radius 1 is 1.42 bits per heavy atom. The fraction of sp³-hybridized carbons (Fsp3) is 0.571. The number of unbranched alkanes of at least 4 members (excludes halogenated alkanes) is 1. The number of carbonyl (C=O) groups excluding carboxylic acids is 2. The number of amides is 1. The Morgan fingerprint density at radius 2 is 2.11 bits per heavy atom. The van der Waals surface area contributed by atoms with Crippen molar-refractivity contribution in [2.45, 2.75) is 39.7 Å². The van der Waals surface area contributed by atoms with Gasteiger partial charge in [-0.05, 0) is 19.4 Å². The van der Waals surface area contributed by atoms with E-state index in [-0.39, 0.29) is 5.91 Å². The molecule has 0 radical (unpaired) electrons. The molecule has 1 aromatic rings. The number of carbonyl (C=O) groups is 2. The maximum atomic E-state index is 11.8. The van der Waals surface area contributed by atoms with Crippen LogP contribution in [0.25, 0.3) is 0 Å². The van der Waals surface area contributed by atoms with E-state index in [1.807, 2.05) is 6.92 Å². The van der Waals surface area contributed by atoms with Crippen LogP contribution in [0.2, 0.25) is 0 Å². The van der Waals surface area contributed by atoms with Gasteiger partial charge in [0.2, 0.25) is 5.91 Å². The topological polar surface area (TPSA) is 59.8 Å². The molecule has 0 aliphatic rings. The molecule has 1 heterocycles. The summed E-state index contributed by atoms with van der Waals surface area (Å²) in [4.78, 5) is 24.8.